The Morgan fingerprint density at radius 1 is 0.577 bits per heavy atom. The highest BCUT2D eigenvalue weighted by molar-refractivity contribution is 6.58. The fraction of sp³-hybridized carbons (Fsp3) is 0.143. The van der Waals surface area contributed by atoms with E-state index in [2.05, 4.69) is 0 Å². The minimum Gasteiger partial charge on any atom is -0.423 e. The molecule has 4 N–H and O–H groups in total. The first-order chi connectivity index (χ1) is 11.8. The largest absolute Gasteiger partial charge is 0.488 e. The van der Waals surface area contributed by atoms with Gasteiger partial charge in [-0.25, -0.2) is 0 Å². The Labute approximate surface area is 144 Å². The van der Waals surface area contributed by atoms with Gasteiger partial charge in [-0.2, -0.15) is 26.3 Å². The van der Waals surface area contributed by atoms with Gasteiger partial charge in [-0.1, -0.05) is 48.5 Å². The van der Waals surface area contributed by atoms with Gasteiger partial charge in [0.1, 0.15) is 0 Å². The second kappa shape index (κ2) is 8.58. The monoisotopic (exact) mass is 380 g/mol. The van der Waals surface area contributed by atoms with Gasteiger partial charge in [-0.3, -0.25) is 0 Å². The Balaban J connectivity index is 0.000000260. The molecule has 0 saturated heterocycles. The summed E-state index contributed by atoms with van der Waals surface area (Å²) in [5, 5.41) is 34.4. The molecule has 0 aromatic heterocycles. The van der Waals surface area contributed by atoms with Gasteiger partial charge >= 0.3 is 26.6 Å². The van der Waals surface area contributed by atoms with Crippen LogP contribution in [-0.2, 0) is 12.4 Å². The van der Waals surface area contributed by atoms with Crippen molar-refractivity contribution in [3.05, 3.63) is 59.7 Å². The molecule has 0 fully saturated rings. The topological polar surface area (TPSA) is 80.9 Å². The van der Waals surface area contributed by atoms with Crippen LogP contribution in [0.15, 0.2) is 48.5 Å². The van der Waals surface area contributed by atoms with Crippen LogP contribution >= 0.6 is 0 Å². The number of rotatable bonds is 2. The number of hydrogen-bond acceptors (Lipinski definition) is 4. The highest BCUT2D eigenvalue weighted by Crippen LogP contribution is 2.28. The third kappa shape index (κ3) is 6.71. The van der Waals surface area contributed by atoms with Crippen LogP contribution < -0.4 is 10.9 Å². The van der Waals surface area contributed by atoms with E-state index in [1.54, 1.807) is 0 Å². The molecule has 2 aromatic carbocycles. The zero-order valence-electron chi connectivity index (χ0n) is 12.8. The minimum absolute atomic E-state index is 0.0352. The molecule has 2 aromatic rings. The number of halogens is 6. The molecular weight excluding hydrogens is 368 g/mol. The van der Waals surface area contributed by atoms with Gasteiger partial charge in [-0.15, -0.1) is 0 Å². The summed E-state index contributed by atoms with van der Waals surface area (Å²) in [6, 6.07) is 7.54. The van der Waals surface area contributed by atoms with Gasteiger partial charge in [0.05, 0.1) is 11.1 Å². The van der Waals surface area contributed by atoms with Crippen molar-refractivity contribution in [1.29, 1.82) is 0 Å². The molecule has 26 heavy (non-hydrogen) atoms. The van der Waals surface area contributed by atoms with Gasteiger partial charge < -0.3 is 20.1 Å². The Hall–Kier alpha value is -2.01. The maximum atomic E-state index is 12.1. The summed E-state index contributed by atoms with van der Waals surface area (Å²) < 4.78 is 72.2. The maximum absolute atomic E-state index is 12.1. The highest BCUT2D eigenvalue weighted by atomic mass is 19.4. The van der Waals surface area contributed by atoms with Crippen molar-refractivity contribution in [2.75, 3.05) is 0 Å². The fourth-order valence-corrected chi connectivity index (χ4v) is 1.72. The Kier molecular flexibility index (Phi) is 7.27. The normalized spacial score (nSPS) is 11.5. The van der Waals surface area contributed by atoms with E-state index in [1.807, 2.05) is 0 Å². The van der Waals surface area contributed by atoms with Crippen molar-refractivity contribution in [3.8, 4) is 0 Å². The second-order valence-electron chi connectivity index (χ2n) is 4.99. The quantitative estimate of drug-likeness (QED) is 0.459. The molecule has 2 rings (SSSR count). The van der Waals surface area contributed by atoms with E-state index in [1.165, 1.54) is 6.07 Å². The van der Waals surface area contributed by atoms with E-state index in [0.29, 0.717) is 6.07 Å². The summed E-state index contributed by atoms with van der Waals surface area (Å²) >= 11 is 0. The highest BCUT2D eigenvalue weighted by Gasteiger charge is 2.31. The Bertz CT molecular complexity index is 702. The first-order valence-corrected chi connectivity index (χ1v) is 6.89. The van der Waals surface area contributed by atoms with E-state index in [4.69, 9.17) is 20.1 Å². The molecule has 0 spiro atoms. The molecule has 0 bridgehead atoms. The molecule has 0 aliphatic carbocycles. The molecular formula is C14H12B2F6O4. The number of benzene rings is 2. The van der Waals surface area contributed by atoms with E-state index in [9.17, 15) is 26.3 Å². The fourth-order valence-electron chi connectivity index (χ4n) is 1.72. The number of hydrogen-bond donors (Lipinski definition) is 4. The molecule has 4 nitrogen and oxygen atoms in total. The van der Waals surface area contributed by atoms with Crippen LogP contribution in [0.25, 0.3) is 0 Å². The third-order valence-corrected chi connectivity index (χ3v) is 3.05. The average Bonchev–Trinajstić information content (AvgIpc) is 2.54. The van der Waals surface area contributed by atoms with Crippen LogP contribution in [0.4, 0.5) is 26.3 Å². The van der Waals surface area contributed by atoms with Crippen molar-refractivity contribution >= 4 is 25.2 Å². The van der Waals surface area contributed by atoms with Crippen LogP contribution in [0.3, 0.4) is 0 Å². The molecule has 12 heteroatoms. The molecule has 0 atom stereocenters. The first-order valence-electron chi connectivity index (χ1n) is 6.89. The SMILES string of the molecule is OB(O)c1ccc(C(F)(F)F)cc1.OB(O)c1cccc(C(F)(F)F)c1. The zero-order valence-corrected chi connectivity index (χ0v) is 12.8. The second-order valence-corrected chi connectivity index (χ2v) is 4.99. The lowest BCUT2D eigenvalue weighted by atomic mass is 9.79. The third-order valence-electron chi connectivity index (χ3n) is 3.05. The first kappa shape index (κ1) is 22.0. The lowest BCUT2D eigenvalue weighted by molar-refractivity contribution is -0.138. The van der Waals surface area contributed by atoms with Crippen molar-refractivity contribution < 1.29 is 46.4 Å². The molecule has 140 valence electrons. The lowest BCUT2D eigenvalue weighted by Crippen LogP contribution is -2.30. The van der Waals surface area contributed by atoms with Gasteiger partial charge in [0.2, 0.25) is 0 Å². The minimum atomic E-state index is -4.45. The maximum Gasteiger partial charge on any atom is 0.488 e. The zero-order chi connectivity index (χ0) is 20.1. The van der Waals surface area contributed by atoms with E-state index in [-0.39, 0.29) is 10.9 Å². The summed E-state index contributed by atoms with van der Waals surface area (Å²) in [5.41, 5.74) is -1.84. The Morgan fingerprint density at radius 3 is 1.42 bits per heavy atom. The van der Waals surface area contributed by atoms with Crippen LogP contribution in [0.1, 0.15) is 11.1 Å². The predicted molar refractivity (Wildman–Crippen MR) is 82.5 cm³/mol. The molecule has 0 aliphatic heterocycles. The molecule has 0 radical (unpaired) electrons. The van der Waals surface area contributed by atoms with Crippen LogP contribution in [0.2, 0.25) is 0 Å². The average molecular weight is 380 g/mol. The van der Waals surface area contributed by atoms with Crippen molar-refractivity contribution in [1.82, 2.24) is 0 Å². The lowest BCUT2D eigenvalue weighted by Gasteiger charge is -2.07. The van der Waals surface area contributed by atoms with Crippen LogP contribution in [0, 0.1) is 0 Å². The molecule has 0 amide bonds. The summed E-state index contributed by atoms with van der Waals surface area (Å²) in [5.74, 6) is 0. The van der Waals surface area contributed by atoms with E-state index >= 15 is 0 Å². The smallest absolute Gasteiger partial charge is 0.423 e. The van der Waals surface area contributed by atoms with E-state index < -0.39 is 37.7 Å². The van der Waals surface area contributed by atoms with Crippen LogP contribution in [-0.4, -0.2) is 34.3 Å². The summed E-state index contributed by atoms with van der Waals surface area (Å²) in [6.45, 7) is 0. The summed E-state index contributed by atoms with van der Waals surface area (Å²) in [6.07, 6.45) is -8.84. The Morgan fingerprint density at radius 2 is 1.04 bits per heavy atom. The summed E-state index contributed by atoms with van der Waals surface area (Å²) in [7, 11) is -3.61. The molecule has 0 saturated carbocycles. The number of alkyl halides is 6. The van der Waals surface area contributed by atoms with Crippen molar-refractivity contribution in [3.63, 3.8) is 0 Å². The van der Waals surface area contributed by atoms with Gasteiger partial charge in [0.15, 0.2) is 0 Å². The van der Waals surface area contributed by atoms with E-state index in [0.717, 1.165) is 36.4 Å². The van der Waals surface area contributed by atoms with Gasteiger partial charge in [-0.05, 0) is 10.9 Å². The molecule has 0 aliphatic rings. The van der Waals surface area contributed by atoms with Gasteiger partial charge in [0.25, 0.3) is 0 Å². The van der Waals surface area contributed by atoms with Gasteiger partial charge in [0, 0.05) is 0 Å². The van der Waals surface area contributed by atoms with Crippen LogP contribution in [0.5, 0.6) is 0 Å². The van der Waals surface area contributed by atoms with Crippen molar-refractivity contribution in [2.45, 2.75) is 12.4 Å². The standard InChI is InChI=1S/2C7H6BF3O2/c9-7(10,11)5-1-3-6(4-2-5)8(12)13;9-7(10,11)5-2-1-3-6(4-5)8(12)13/h2*1-4,12-13H. The molecule has 0 heterocycles. The predicted octanol–water partition coefficient (Wildman–Crippen LogP) is 0.770. The summed E-state index contributed by atoms with van der Waals surface area (Å²) in [4.78, 5) is 0. The van der Waals surface area contributed by atoms with Crippen molar-refractivity contribution in [2.24, 2.45) is 0 Å². The molecule has 0 unspecified atom stereocenters.